The lowest BCUT2D eigenvalue weighted by molar-refractivity contribution is 0.222. The Morgan fingerprint density at radius 3 is 1.81 bits per heavy atom. The first kappa shape index (κ1) is 18.4. The van der Waals surface area contributed by atoms with Gasteiger partial charge < -0.3 is 19.3 Å². The Balaban J connectivity index is 3.12. The van der Waals surface area contributed by atoms with Crippen molar-refractivity contribution in [3.63, 3.8) is 0 Å². The monoisotopic (exact) mass is 335 g/mol. The fourth-order valence-electron chi connectivity index (χ4n) is 1.85. The summed E-state index contributed by atoms with van der Waals surface area (Å²) in [5.74, 6) is -0.278. The van der Waals surface area contributed by atoms with Gasteiger partial charge in [-0.1, -0.05) is 0 Å². The fourth-order valence-corrected chi connectivity index (χ4v) is 7.34. The molecule has 120 valence electrons. The molecule has 0 aliphatic rings. The van der Waals surface area contributed by atoms with Crippen molar-refractivity contribution in [3.8, 4) is 0 Å². The van der Waals surface area contributed by atoms with Gasteiger partial charge in [-0.25, -0.2) is 0 Å². The van der Waals surface area contributed by atoms with Crippen LogP contribution in [0.15, 0.2) is 24.3 Å². The zero-order valence-corrected chi connectivity index (χ0v) is 14.4. The highest BCUT2D eigenvalue weighted by molar-refractivity contribution is 7.78. The predicted octanol–water partition coefficient (Wildman–Crippen LogP) is 3.43. The van der Waals surface area contributed by atoms with Crippen LogP contribution in [0.5, 0.6) is 0 Å². The second kappa shape index (κ2) is 8.11. The van der Waals surface area contributed by atoms with Crippen molar-refractivity contribution in [1.82, 2.24) is 0 Å². The molecule has 6 nitrogen and oxygen atoms in total. The molecule has 0 amide bonds. The summed E-state index contributed by atoms with van der Waals surface area (Å²) in [7, 11) is -6.81. The Bertz CT molecular complexity index is 522. The number of benzene rings is 1. The summed E-state index contributed by atoms with van der Waals surface area (Å²) in [5.41, 5.74) is 6.19. The smallest absolute Gasteiger partial charge is 0.340 e. The highest BCUT2D eigenvalue weighted by Gasteiger charge is 2.38. The molecule has 0 saturated carbocycles. The van der Waals surface area contributed by atoms with Crippen LogP contribution in [0, 0.1) is 0 Å². The van der Waals surface area contributed by atoms with Crippen LogP contribution in [0.2, 0.25) is 0 Å². The Hall–Kier alpha value is -0.640. The van der Waals surface area contributed by atoms with Crippen molar-refractivity contribution >= 4 is 26.0 Å². The van der Waals surface area contributed by atoms with Gasteiger partial charge in [-0.2, -0.15) is 0 Å². The molecule has 0 aliphatic carbocycles. The van der Waals surface area contributed by atoms with Crippen LogP contribution in [-0.4, -0.2) is 25.7 Å². The van der Waals surface area contributed by atoms with Crippen LogP contribution in [0.1, 0.15) is 20.8 Å². The topological polar surface area (TPSA) is 87.9 Å². The average molecular weight is 335 g/mol. The van der Waals surface area contributed by atoms with Crippen molar-refractivity contribution < 1.29 is 22.7 Å². The Kier molecular flexibility index (Phi) is 7.11. The molecule has 21 heavy (non-hydrogen) atoms. The third kappa shape index (κ3) is 5.24. The molecule has 1 aromatic carbocycles. The zero-order valence-electron chi connectivity index (χ0n) is 12.7. The van der Waals surface area contributed by atoms with E-state index in [2.05, 4.69) is 0 Å². The van der Waals surface area contributed by atoms with Gasteiger partial charge in [-0.3, -0.25) is 9.13 Å². The zero-order chi connectivity index (χ0) is 15.9. The highest BCUT2D eigenvalue weighted by Crippen LogP contribution is 2.62. The summed E-state index contributed by atoms with van der Waals surface area (Å²) in [4.78, 5) is 0. The van der Waals surface area contributed by atoms with Gasteiger partial charge >= 0.3 is 7.60 Å². The van der Waals surface area contributed by atoms with E-state index < -0.39 is 15.0 Å². The summed E-state index contributed by atoms with van der Waals surface area (Å²) in [6.07, 6.45) is 0. The molecule has 0 heterocycles. The number of nitrogens with two attached hydrogens (primary N) is 1. The van der Waals surface area contributed by atoms with Crippen molar-refractivity contribution in [2.75, 3.05) is 31.5 Å². The highest BCUT2D eigenvalue weighted by atomic mass is 31.2. The predicted molar refractivity (Wildman–Crippen MR) is 85.4 cm³/mol. The molecular formula is C13H23NO5P2. The molecule has 1 unspecified atom stereocenters. The summed E-state index contributed by atoms with van der Waals surface area (Å²) in [5, 5.41) is 0.457. The number of rotatable bonds is 9. The normalized spacial score (nSPS) is 14.8. The van der Waals surface area contributed by atoms with E-state index in [1.165, 1.54) is 0 Å². The molecule has 1 atom stereocenters. The molecule has 0 fully saturated rings. The molecule has 1 rings (SSSR count). The molecule has 0 bridgehead atoms. The van der Waals surface area contributed by atoms with E-state index in [9.17, 15) is 9.13 Å². The first-order chi connectivity index (χ1) is 9.89. The van der Waals surface area contributed by atoms with E-state index in [4.69, 9.17) is 19.3 Å². The molecule has 0 spiro atoms. The maximum absolute atomic E-state index is 13.1. The van der Waals surface area contributed by atoms with Gasteiger partial charge in [0.25, 0.3) is 0 Å². The summed E-state index contributed by atoms with van der Waals surface area (Å²) >= 11 is 0. The van der Waals surface area contributed by atoms with Gasteiger partial charge in [0.1, 0.15) is 5.90 Å². The molecule has 8 heteroatoms. The van der Waals surface area contributed by atoms with Crippen LogP contribution < -0.4 is 11.0 Å². The number of nitrogen functional groups attached to an aromatic ring is 1. The van der Waals surface area contributed by atoms with Crippen LogP contribution in [0.25, 0.3) is 0 Å². The van der Waals surface area contributed by atoms with Crippen molar-refractivity contribution in [1.29, 1.82) is 0 Å². The van der Waals surface area contributed by atoms with Crippen LogP contribution in [-0.2, 0) is 22.7 Å². The van der Waals surface area contributed by atoms with E-state index in [0.29, 0.717) is 11.0 Å². The van der Waals surface area contributed by atoms with E-state index in [-0.39, 0.29) is 25.7 Å². The maximum Gasteiger partial charge on any atom is 0.340 e. The van der Waals surface area contributed by atoms with Gasteiger partial charge in [-0.15, -0.1) is 0 Å². The molecule has 1 aromatic rings. The minimum Gasteiger partial charge on any atom is -0.399 e. The molecule has 2 N–H and O–H groups in total. The average Bonchev–Trinajstić information content (AvgIpc) is 2.39. The molecule has 0 aromatic heterocycles. The minimum absolute atomic E-state index is 0.213. The van der Waals surface area contributed by atoms with Crippen LogP contribution in [0.3, 0.4) is 0 Å². The fraction of sp³-hybridized carbons (Fsp3) is 0.538. The van der Waals surface area contributed by atoms with Crippen molar-refractivity contribution in [3.05, 3.63) is 24.3 Å². The standard InChI is InChI=1S/C13H23NO5P2/c1-4-17-20(15,13-9-7-12(14)8-10-13)11-21(16,18-5-2)19-6-3/h7-10H,4-6,11,14H2,1-3H3. The minimum atomic E-state index is -3.47. The van der Waals surface area contributed by atoms with E-state index >= 15 is 0 Å². The second-order valence-electron chi connectivity index (χ2n) is 4.27. The molecule has 0 aliphatic heterocycles. The largest absolute Gasteiger partial charge is 0.399 e. The summed E-state index contributed by atoms with van der Waals surface area (Å²) < 4.78 is 41.6. The maximum atomic E-state index is 13.1. The van der Waals surface area contributed by atoms with Gasteiger partial charge in [0.05, 0.1) is 19.8 Å². The van der Waals surface area contributed by atoms with Gasteiger partial charge in [-0.05, 0) is 45.0 Å². The Labute approximate surface area is 126 Å². The summed E-state index contributed by atoms with van der Waals surface area (Å²) in [6, 6.07) is 6.50. The van der Waals surface area contributed by atoms with E-state index in [0.717, 1.165) is 0 Å². The van der Waals surface area contributed by atoms with Crippen LogP contribution >= 0.6 is 15.0 Å². The number of anilines is 1. The first-order valence-electron chi connectivity index (χ1n) is 6.87. The lowest BCUT2D eigenvalue weighted by atomic mass is 10.3. The Morgan fingerprint density at radius 1 is 0.905 bits per heavy atom. The molecule has 0 saturated heterocycles. The van der Waals surface area contributed by atoms with E-state index in [1.807, 2.05) is 0 Å². The lowest BCUT2D eigenvalue weighted by Crippen LogP contribution is -2.13. The van der Waals surface area contributed by atoms with Crippen molar-refractivity contribution in [2.24, 2.45) is 0 Å². The van der Waals surface area contributed by atoms with Gasteiger partial charge in [0.15, 0.2) is 0 Å². The second-order valence-corrected chi connectivity index (χ2v) is 9.26. The first-order valence-corrected chi connectivity index (χ1v) is 10.4. The third-order valence-corrected chi connectivity index (χ3v) is 8.57. The van der Waals surface area contributed by atoms with Crippen molar-refractivity contribution in [2.45, 2.75) is 20.8 Å². The van der Waals surface area contributed by atoms with E-state index in [1.54, 1.807) is 45.0 Å². The number of hydrogen-bond acceptors (Lipinski definition) is 6. The third-order valence-electron chi connectivity index (χ3n) is 2.64. The molecular weight excluding hydrogens is 312 g/mol. The Morgan fingerprint density at radius 2 is 1.38 bits per heavy atom. The lowest BCUT2D eigenvalue weighted by Gasteiger charge is -2.23. The SMILES string of the molecule is CCOP(=O)(CP(=O)(OCC)c1ccc(N)cc1)OCC. The van der Waals surface area contributed by atoms with Crippen LogP contribution in [0.4, 0.5) is 5.69 Å². The summed E-state index contributed by atoms with van der Waals surface area (Å²) in [6.45, 7) is 5.81. The number of hydrogen-bond donors (Lipinski definition) is 1. The van der Waals surface area contributed by atoms with Gasteiger partial charge in [0.2, 0.25) is 7.37 Å². The quantitative estimate of drug-likeness (QED) is 0.549. The molecule has 0 radical (unpaired) electrons. The van der Waals surface area contributed by atoms with Gasteiger partial charge in [0, 0.05) is 11.0 Å².